The molecule has 0 saturated heterocycles. The van der Waals surface area contributed by atoms with Crippen LogP contribution in [0.4, 0.5) is 0 Å². The van der Waals surface area contributed by atoms with Gasteiger partial charge in [0.15, 0.2) is 0 Å². The fourth-order valence-electron chi connectivity index (χ4n) is 12.0. The van der Waals surface area contributed by atoms with Gasteiger partial charge < -0.3 is 13.7 Å². The standard InChI is InChI=1S/C64H51BN4S/c1-38(2)42-34-49(39(3)4)61(50(35-42)40(5)6)65-51-23-13-17-27-56(51)70-57-36-45(32-33-52(57)65)69-55-26-16-12-22-48(55)60-63-58(47-21-11-15-25-54(47)68(63)44-30-28-41(37-66)29-31-44)62-59(64(60)69)46-20-10-14-24-53(46)67(62)43-18-8-7-9-19-43/h7-36,38-40H,1-6H3. The summed E-state index contributed by atoms with van der Waals surface area (Å²) in [6.07, 6.45) is 0. The molecule has 13 rings (SSSR count). The van der Waals surface area contributed by atoms with Gasteiger partial charge in [-0.25, -0.2) is 0 Å². The van der Waals surface area contributed by atoms with E-state index in [2.05, 4.69) is 231 Å². The third kappa shape index (κ3) is 6.17. The van der Waals surface area contributed by atoms with Crippen LogP contribution in [-0.4, -0.2) is 20.4 Å². The molecule has 0 amide bonds. The molecular formula is C64H51BN4S. The second kappa shape index (κ2) is 16.2. The highest BCUT2D eigenvalue weighted by Gasteiger charge is 2.36. The first-order chi connectivity index (χ1) is 34.2. The Hall–Kier alpha value is -7.72. The third-order valence-corrected chi connectivity index (χ3v) is 16.3. The van der Waals surface area contributed by atoms with Crippen LogP contribution in [0.1, 0.15) is 81.5 Å². The lowest BCUT2D eigenvalue weighted by Gasteiger charge is -2.32. The molecule has 9 aromatic carbocycles. The predicted octanol–water partition coefficient (Wildman–Crippen LogP) is 15.2. The van der Waals surface area contributed by atoms with Gasteiger partial charge in [0.2, 0.25) is 6.71 Å². The van der Waals surface area contributed by atoms with Crippen LogP contribution in [0.15, 0.2) is 192 Å². The third-order valence-electron chi connectivity index (χ3n) is 15.1. The molecule has 0 N–H and O–H groups in total. The van der Waals surface area contributed by atoms with Crippen LogP contribution < -0.4 is 16.4 Å². The van der Waals surface area contributed by atoms with Crippen molar-refractivity contribution in [3.05, 3.63) is 204 Å². The summed E-state index contributed by atoms with van der Waals surface area (Å²) in [5.74, 6) is 1.18. The maximum absolute atomic E-state index is 9.93. The van der Waals surface area contributed by atoms with Crippen molar-refractivity contribution >= 4 is 100 Å². The molecule has 0 fully saturated rings. The second-order valence-electron chi connectivity index (χ2n) is 20.1. The van der Waals surface area contributed by atoms with Gasteiger partial charge in [-0.2, -0.15) is 5.26 Å². The van der Waals surface area contributed by atoms with Gasteiger partial charge in [-0.05, 0) is 107 Å². The van der Waals surface area contributed by atoms with Gasteiger partial charge in [0, 0.05) is 59.2 Å². The highest BCUT2D eigenvalue weighted by molar-refractivity contribution is 8.00. The Morgan fingerprint density at radius 3 is 1.39 bits per heavy atom. The number of hydrogen-bond acceptors (Lipinski definition) is 2. The molecule has 3 aromatic heterocycles. The average Bonchev–Trinajstić information content (AvgIpc) is 4.04. The van der Waals surface area contributed by atoms with E-state index in [9.17, 15) is 5.26 Å². The Bertz CT molecular complexity index is 4110. The average molecular weight is 919 g/mol. The Morgan fingerprint density at radius 2 is 0.871 bits per heavy atom. The van der Waals surface area contributed by atoms with Crippen LogP contribution in [0.2, 0.25) is 0 Å². The molecule has 4 nitrogen and oxygen atoms in total. The van der Waals surface area contributed by atoms with Crippen molar-refractivity contribution in [2.75, 3.05) is 0 Å². The molecule has 12 aromatic rings. The molecule has 0 saturated carbocycles. The van der Waals surface area contributed by atoms with Crippen molar-refractivity contribution in [3.63, 3.8) is 0 Å². The lowest BCUT2D eigenvalue weighted by molar-refractivity contribution is 0.812. The molecule has 0 aliphatic carbocycles. The maximum atomic E-state index is 9.93. The minimum atomic E-state index is 0.0916. The highest BCUT2D eigenvalue weighted by atomic mass is 32.2. The molecule has 4 heterocycles. The second-order valence-corrected chi connectivity index (χ2v) is 21.2. The molecule has 0 radical (unpaired) electrons. The SMILES string of the molecule is CC(C)c1cc(C(C)C)c(B2c3ccccc3Sc3cc(-n4c5ccccc5c5c6c(c7ccccc7n6-c6ccc(C#N)cc6)c6c(c7ccccc7n6-c6ccccc6)c54)ccc32)c(C(C)C)c1. The van der Waals surface area contributed by atoms with Crippen LogP contribution in [0.5, 0.6) is 0 Å². The van der Waals surface area contributed by atoms with E-state index >= 15 is 0 Å². The topological polar surface area (TPSA) is 38.6 Å². The maximum Gasteiger partial charge on any atom is 0.244 e. The molecule has 70 heavy (non-hydrogen) atoms. The van der Waals surface area contributed by atoms with Crippen molar-refractivity contribution in [2.24, 2.45) is 0 Å². The Balaban J connectivity index is 1.19. The zero-order valence-corrected chi connectivity index (χ0v) is 41.1. The van der Waals surface area contributed by atoms with E-state index in [0.29, 0.717) is 23.3 Å². The highest BCUT2D eigenvalue weighted by Crippen LogP contribution is 2.50. The molecular weight excluding hydrogens is 868 g/mol. The van der Waals surface area contributed by atoms with Crippen LogP contribution >= 0.6 is 11.8 Å². The van der Waals surface area contributed by atoms with Gasteiger partial charge in [0.1, 0.15) is 0 Å². The van der Waals surface area contributed by atoms with E-state index in [1.807, 2.05) is 23.9 Å². The largest absolute Gasteiger partial charge is 0.308 e. The zero-order valence-electron chi connectivity index (χ0n) is 40.3. The summed E-state index contributed by atoms with van der Waals surface area (Å²) in [7, 11) is 0. The molecule has 0 unspecified atom stereocenters. The van der Waals surface area contributed by atoms with Crippen molar-refractivity contribution in [1.29, 1.82) is 5.26 Å². The summed E-state index contributed by atoms with van der Waals surface area (Å²) in [6.45, 7) is 14.2. The van der Waals surface area contributed by atoms with Crippen molar-refractivity contribution in [1.82, 2.24) is 13.7 Å². The normalized spacial score (nSPS) is 12.7. The number of hydrogen-bond donors (Lipinski definition) is 0. The lowest BCUT2D eigenvalue weighted by atomic mass is 9.34. The number of fused-ring (bicyclic) bond motifs is 14. The van der Waals surface area contributed by atoms with E-state index in [-0.39, 0.29) is 6.71 Å². The number of nitrogens with zero attached hydrogens (tertiary/aromatic N) is 4. The molecule has 336 valence electrons. The molecule has 6 heteroatoms. The van der Waals surface area contributed by atoms with Crippen molar-refractivity contribution < 1.29 is 0 Å². The minimum absolute atomic E-state index is 0.0916. The monoisotopic (exact) mass is 918 g/mol. The summed E-state index contributed by atoms with van der Waals surface area (Å²) in [4.78, 5) is 2.61. The van der Waals surface area contributed by atoms with Crippen LogP contribution in [-0.2, 0) is 0 Å². The van der Waals surface area contributed by atoms with Crippen LogP contribution in [0, 0.1) is 11.3 Å². The number of rotatable bonds is 7. The van der Waals surface area contributed by atoms with Crippen LogP contribution in [0.25, 0.3) is 82.5 Å². The van der Waals surface area contributed by atoms with E-state index in [1.54, 1.807) is 0 Å². The molecule has 1 aliphatic heterocycles. The summed E-state index contributed by atoms with van der Waals surface area (Å²) >= 11 is 1.91. The van der Waals surface area contributed by atoms with E-state index in [0.717, 1.165) is 39.1 Å². The van der Waals surface area contributed by atoms with Crippen molar-refractivity contribution in [3.8, 4) is 23.1 Å². The first kappa shape index (κ1) is 42.4. The summed E-state index contributed by atoms with van der Waals surface area (Å²) in [5.41, 5.74) is 19.4. The van der Waals surface area contributed by atoms with Gasteiger partial charge in [-0.15, -0.1) is 0 Å². The number of benzene rings is 9. The minimum Gasteiger partial charge on any atom is -0.308 e. The fourth-order valence-corrected chi connectivity index (χ4v) is 13.1. The summed E-state index contributed by atoms with van der Waals surface area (Å²) in [5, 5.41) is 17.1. The Labute approximate surface area is 413 Å². The van der Waals surface area contributed by atoms with Gasteiger partial charge in [-0.1, -0.05) is 179 Å². The molecule has 0 bridgehead atoms. The van der Waals surface area contributed by atoms with Gasteiger partial charge in [0.05, 0.1) is 44.7 Å². The quantitative estimate of drug-likeness (QED) is 0.149. The van der Waals surface area contributed by atoms with E-state index in [1.165, 1.54) is 86.2 Å². The predicted molar refractivity (Wildman–Crippen MR) is 298 cm³/mol. The first-order valence-electron chi connectivity index (χ1n) is 24.8. The van der Waals surface area contributed by atoms with Crippen LogP contribution in [0.3, 0.4) is 0 Å². The smallest absolute Gasteiger partial charge is 0.244 e. The Kier molecular flexibility index (Phi) is 9.81. The number of nitriles is 1. The fraction of sp³-hybridized carbons (Fsp3) is 0.141. The summed E-state index contributed by atoms with van der Waals surface area (Å²) in [6, 6.07) is 69.7. The van der Waals surface area contributed by atoms with Crippen molar-refractivity contribution in [2.45, 2.75) is 69.1 Å². The van der Waals surface area contributed by atoms with Gasteiger partial charge >= 0.3 is 0 Å². The molecule has 0 atom stereocenters. The van der Waals surface area contributed by atoms with E-state index < -0.39 is 0 Å². The van der Waals surface area contributed by atoms with Gasteiger partial charge in [-0.3, -0.25) is 0 Å². The van der Waals surface area contributed by atoms with E-state index in [4.69, 9.17) is 0 Å². The first-order valence-corrected chi connectivity index (χ1v) is 25.6. The zero-order chi connectivity index (χ0) is 47.5. The van der Waals surface area contributed by atoms with Gasteiger partial charge in [0.25, 0.3) is 0 Å². The lowest BCUT2D eigenvalue weighted by Crippen LogP contribution is -2.57. The Morgan fingerprint density at radius 1 is 0.429 bits per heavy atom. The summed E-state index contributed by atoms with van der Waals surface area (Å²) < 4.78 is 7.52. The molecule has 1 aliphatic rings. The number of aromatic nitrogens is 3. The molecule has 0 spiro atoms. The number of para-hydroxylation sites is 4.